The van der Waals surface area contributed by atoms with Gasteiger partial charge >= 0.3 is 0 Å². The molecule has 0 atom stereocenters. The number of hydrogen-bond acceptors (Lipinski definition) is 3. The predicted octanol–water partition coefficient (Wildman–Crippen LogP) is 4.62. The van der Waals surface area contributed by atoms with Gasteiger partial charge in [-0.1, -0.05) is 29.8 Å². The number of nitrogens with one attached hydrogen (secondary N) is 1. The minimum absolute atomic E-state index is 0.106. The third-order valence-electron chi connectivity index (χ3n) is 3.85. The molecular formula is C19H15N3OS. The van der Waals surface area contributed by atoms with Crippen LogP contribution in [0.3, 0.4) is 0 Å². The Hall–Kier alpha value is -2.92. The van der Waals surface area contributed by atoms with E-state index < -0.39 is 0 Å². The van der Waals surface area contributed by atoms with Gasteiger partial charge in [-0.05, 0) is 31.2 Å². The van der Waals surface area contributed by atoms with Crippen LogP contribution in [0.15, 0.2) is 66.3 Å². The van der Waals surface area contributed by atoms with Crippen LogP contribution >= 0.6 is 11.3 Å². The van der Waals surface area contributed by atoms with E-state index in [0.717, 1.165) is 27.5 Å². The van der Waals surface area contributed by atoms with Gasteiger partial charge in [0.1, 0.15) is 0 Å². The molecule has 1 N–H and O–H groups in total. The third kappa shape index (κ3) is 2.81. The number of thiazole rings is 1. The predicted molar refractivity (Wildman–Crippen MR) is 97.6 cm³/mol. The van der Waals surface area contributed by atoms with Crippen LogP contribution < -0.4 is 5.32 Å². The fourth-order valence-corrected chi connectivity index (χ4v) is 3.20. The number of imidazole rings is 1. The zero-order valence-electron chi connectivity index (χ0n) is 13.1. The van der Waals surface area contributed by atoms with Gasteiger partial charge in [0.2, 0.25) is 0 Å². The molecule has 4 aromatic rings. The molecule has 0 fully saturated rings. The first-order valence-corrected chi connectivity index (χ1v) is 8.48. The molecule has 5 heteroatoms. The summed E-state index contributed by atoms with van der Waals surface area (Å²) in [5, 5.41) is 4.93. The molecular weight excluding hydrogens is 318 g/mol. The maximum atomic E-state index is 12.2. The lowest BCUT2D eigenvalue weighted by Gasteiger charge is -2.06. The third-order valence-corrected chi connectivity index (χ3v) is 4.62. The summed E-state index contributed by atoms with van der Waals surface area (Å²) in [6.45, 7) is 2.00. The van der Waals surface area contributed by atoms with Crippen molar-refractivity contribution in [1.29, 1.82) is 0 Å². The van der Waals surface area contributed by atoms with Crippen molar-refractivity contribution in [3.63, 3.8) is 0 Å². The molecule has 0 saturated carbocycles. The number of aryl methyl sites for hydroxylation is 1. The van der Waals surface area contributed by atoms with Gasteiger partial charge in [-0.2, -0.15) is 0 Å². The first-order chi connectivity index (χ1) is 11.7. The van der Waals surface area contributed by atoms with E-state index in [-0.39, 0.29) is 5.91 Å². The molecule has 2 heterocycles. The average molecular weight is 333 g/mol. The Morgan fingerprint density at radius 2 is 1.83 bits per heavy atom. The second kappa shape index (κ2) is 5.94. The Labute approximate surface area is 143 Å². The largest absolute Gasteiger partial charge is 0.322 e. The lowest BCUT2D eigenvalue weighted by Crippen LogP contribution is -2.11. The molecule has 2 aromatic carbocycles. The smallest absolute Gasteiger partial charge is 0.255 e. The molecule has 118 valence electrons. The first kappa shape index (κ1) is 14.7. The van der Waals surface area contributed by atoms with Gasteiger partial charge in [-0.15, -0.1) is 11.3 Å². The number of amides is 1. The SMILES string of the molecule is Cc1ccc(C(=O)Nc2ccc(-c3cn4ccsc4n3)cc2)cc1. The van der Waals surface area contributed by atoms with E-state index in [1.54, 1.807) is 11.3 Å². The summed E-state index contributed by atoms with van der Waals surface area (Å²) in [6.07, 6.45) is 4.00. The fourth-order valence-electron chi connectivity index (χ4n) is 2.50. The molecule has 24 heavy (non-hydrogen) atoms. The van der Waals surface area contributed by atoms with E-state index in [4.69, 9.17) is 0 Å². The van der Waals surface area contributed by atoms with Crippen LogP contribution in [-0.4, -0.2) is 15.3 Å². The highest BCUT2D eigenvalue weighted by atomic mass is 32.1. The van der Waals surface area contributed by atoms with Gasteiger partial charge < -0.3 is 5.32 Å². The van der Waals surface area contributed by atoms with Crippen molar-refractivity contribution in [2.24, 2.45) is 0 Å². The van der Waals surface area contributed by atoms with Crippen molar-refractivity contribution in [3.8, 4) is 11.3 Å². The number of nitrogens with zero attached hydrogens (tertiary/aromatic N) is 2. The van der Waals surface area contributed by atoms with Gasteiger partial charge in [0.05, 0.1) is 5.69 Å². The maximum absolute atomic E-state index is 12.2. The number of hydrogen-bond donors (Lipinski definition) is 1. The van der Waals surface area contributed by atoms with E-state index in [1.165, 1.54) is 0 Å². The summed E-state index contributed by atoms with van der Waals surface area (Å²) in [7, 11) is 0. The molecule has 0 spiro atoms. The zero-order chi connectivity index (χ0) is 16.5. The molecule has 0 bridgehead atoms. The summed E-state index contributed by atoms with van der Waals surface area (Å²) in [5.74, 6) is -0.106. The fraction of sp³-hybridized carbons (Fsp3) is 0.0526. The summed E-state index contributed by atoms with van der Waals surface area (Å²) in [5.41, 5.74) is 4.51. The van der Waals surface area contributed by atoms with E-state index in [0.29, 0.717) is 5.56 Å². The normalized spacial score (nSPS) is 10.9. The number of rotatable bonds is 3. The molecule has 0 unspecified atom stereocenters. The average Bonchev–Trinajstić information content (AvgIpc) is 3.18. The molecule has 0 aliphatic heterocycles. The van der Waals surface area contributed by atoms with Crippen molar-refractivity contribution in [2.45, 2.75) is 6.92 Å². The Kier molecular flexibility index (Phi) is 3.63. The number of carbonyl (C=O) groups excluding carboxylic acids is 1. The molecule has 0 radical (unpaired) electrons. The van der Waals surface area contributed by atoms with Crippen molar-refractivity contribution < 1.29 is 4.79 Å². The Bertz CT molecular complexity index is 969. The molecule has 0 saturated heterocycles. The first-order valence-electron chi connectivity index (χ1n) is 7.60. The zero-order valence-corrected chi connectivity index (χ0v) is 13.9. The van der Waals surface area contributed by atoms with Crippen LogP contribution in [0.2, 0.25) is 0 Å². The van der Waals surface area contributed by atoms with Gasteiger partial charge in [-0.3, -0.25) is 9.20 Å². The quantitative estimate of drug-likeness (QED) is 0.594. The van der Waals surface area contributed by atoms with E-state index in [9.17, 15) is 4.79 Å². The maximum Gasteiger partial charge on any atom is 0.255 e. The van der Waals surface area contributed by atoms with Crippen LogP contribution in [0.5, 0.6) is 0 Å². The summed E-state index contributed by atoms with van der Waals surface area (Å²) >= 11 is 1.61. The number of anilines is 1. The molecule has 0 aliphatic carbocycles. The van der Waals surface area contributed by atoms with Crippen LogP contribution in [0.1, 0.15) is 15.9 Å². The Balaban J connectivity index is 1.52. The second-order valence-electron chi connectivity index (χ2n) is 5.62. The van der Waals surface area contributed by atoms with Gasteiger partial charge in [0.25, 0.3) is 5.91 Å². The van der Waals surface area contributed by atoms with Crippen LogP contribution in [0.25, 0.3) is 16.2 Å². The standard InChI is InChI=1S/C19H15N3OS/c1-13-2-4-15(5-3-13)18(23)20-16-8-6-14(7-9-16)17-12-22-10-11-24-19(22)21-17/h2-12H,1H3,(H,20,23). The van der Waals surface area contributed by atoms with Gasteiger partial charge in [0, 0.05) is 34.6 Å². The van der Waals surface area contributed by atoms with Crippen LogP contribution in [-0.2, 0) is 0 Å². The number of benzene rings is 2. The topological polar surface area (TPSA) is 46.4 Å². The van der Waals surface area contributed by atoms with Crippen molar-refractivity contribution in [2.75, 3.05) is 5.32 Å². The molecule has 4 rings (SSSR count). The second-order valence-corrected chi connectivity index (χ2v) is 6.49. The number of fused-ring (bicyclic) bond motifs is 1. The van der Waals surface area contributed by atoms with Crippen LogP contribution in [0, 0.1) is 6.92 Å². The minimum Gasteiger partial charge on any atom is -0.322 e. The lowest BCUT2D eigenvalue weighted by atomic mass is 10.1. The Morgan fingerprint density at radius 1 is 1.08 bits per heavy atom. The van der Waals surface area contributed by atoms with Crippen molar-refractivity contribution in [1.82, 2.24) is 9.38 Å². The van der Waals surface area contributed by atoms with E-state index in [2.05, 4.69) is 10.3 Å². The number of carbonyl (C=O) groups is 1. The van der Waals surface area contributed by atoms with E-state index in [1.807, 2.05) is 77.6 Å². The van der Waals surface area contributed by atoms with Crippen molar-refractivity contribution in [3.05, 3.63) is 77.4 Å². The molecule has 2 aromatic heterocycles. The summed E-state index contributed by atoms with van der Waals surface area (Å²) in [4.78, 5) is 17.8. The van der Waals surface area contributed by atoms with Gasteiger partial charge in [-0.25, -0.2) is 4.98 Å². The minimum atomic E-state index is -0.106. The number of aromatic nitrogens is 2. The van der Waals surface area contributed by atoms with E-state index >= 15 is 0 Å². The van der Waals surface area contributed by atoms with Crippen LogP contribution in [0.4, 0.5) is 5.69 Å². The highest BCUT2D eigenvalue weighted by Gasteiger charge is 2.08. The van der Waals surface area contributed by atoms with Crippen molar-refractivity contribution >= 4 is 27.9 Å². The molecule has 4 nitrogen and oxygen atoms in total. The summed E-state index contributed by atoms with van der Waals surface area (Å²) in [6, 6.07) is 15.3. The Morgan fingerprint density at radius 3 is 2.54 bits per heavy atom. The monoisotopic (exact) mass is 333 g/mol. The summed E-state index contributed by atoms with van der Waals surface area (Å²) < 4.78 is 2.01. The molecule has 1 amide bonds. The van der Waals surface area contributed by atoms with Gasteiger partial charge in [0.15, 0.2) is 4.96 Å². The lowest BCUT2D eigenvalue weighted by molar-refractivity contribution is 0.102. The highest BCUT2D eigenvalue weighted by Crippen LogP contribution is 2.23. The highest BCUT2D eigenvalue weighted by molar-refractivity contribution is 7.15. The molecule has 0 aliphatic rings.